The maximum absolute atomic E-state index is 4.96. The highest BCUT2D eigenvalue weighted by atomic mass is 16.5. The Kier molecular flexibility index (Phi) is 5.25. The fourth-order valence-corrected chi connectivity index (χ4v) is 1.76. The lowest BCUT2D eigenvalue weighted by Gasteiger charge is -2.14. The van der Waals surface area contributed by atoms with Crippen LogP contribution in [0.4, 0.5) is 11.8 Å². The topological polar surface area (TPSA) is 72.0 Å². The van der Waals surface area contributed by atoms with Gasteiger partial charge in [0.15, 0.2) is 5.82 Å². The monoisotopic (exact) mass is 273 g/mol. The third kappa shape index (κ3) is 4.17. The van der Waals surface area contributed by atoms with Gasteiger partial charge in [-0.05, 0) is 12.5 Å². The Labute approximate surface area is 118 Å². The third-order valence-electron chi connectivity index (χ3n) is 2.81. The van der Waals surface area contributed by atoms with Crippen molar-refractivity contribution in [3.05, 3.63) is 42.1 Å². The number of nitrogens with zero attached hydrogens (tertiary/aromatic N) is 3. The number of benzene rings is 1. The highest BCUT2D eigenvalue weighted by molar-refractivity contribution is 5.39. The summed E-state index contributed by atoms with van der Waals surface area (Å²) in [6.45, 7) is 3.33. The highest BCUT2D eigenvalue weighted by Crippen LogP contribution is 2.17. The van der Waals surface area contributed by atoms with Crippen molar-refractivity contribution in [3.63, 3.8) is 0 Å². The summed E-state index contributed by atoms with van der Waals surface area (Å²) >= 11 is 0. The van der Waals surface area contributed by atoms with E-state index in [0.717, 1.165) is 0 Å². The third-order valence-corrected chi connectivity index (χ3v) is 2.81. The second-order valence-electron chi connectivity index (χ2n) is 4.36. The number of rotatable bonds is 7. The normalized spacial score (nSPS) is 11.9. The second-order valence-corrected chi connectivity index (χ2v) is 4.36. The lowest BCUT2D eigenvalue weighted by atomic mass is 10.1. The molecule has 0 spiro atoms. The summed E-state index contributed by atoms with van der Waals surface area (Å²) in [5, 5.41) is 14.2. The number of aromatic nitrogens is 3. The molecular formula is C14H19N5O. The molecular weight excluding hydrogens is 254 g/mol. The van der Waals surface area contributed by atoms with Crippen LogP contribution < -0.4 is 10.6 Å². The van der Waals surface area contributed by atoms with Crippen LogP contribution in [0.5, 0.6) is 0 Å². The highest BCUT2D eigenvalue weighted by Gasteiger charge is 2.06. The zero-order valence-electron chi connectivity index (χ0n) is 11.7. The molecule has 6 heteroatoms. The first kappa shape index (κ1) is 14.2. The molecule has 1 atom stereocenters. The summed E-state index contributed by atoms with van der Waals surface area (Å²) < 4.78 is 4.96. The maximum Gasteiger partial charge on any atom is 0.244 e. The summed E-state index contributed by atoms with van der Waals surface area (Å²) in [5.74, 6) is 1.18. The van der Waals surface area contributed by atoms with E-state index in [1.807, 2.05) is 18.2 Å². The van der Waals surface area contributed by atoms with Crippen molar-refractivity contribution in [1.82, 2.24) is 15.2 Å². The maximum atomic E-state index is 4.96. The number of anilines is 2. The lowest BCUT2D eigenvalue weighted by Crippen LogP contribution is -2.13. The Morgan fingerprint density at radius 3 is 2.80 bits per heavy atom. The van der Waals surface area contributed by atoms with Gasteiger partial charge in [0.2, 0.25) is 5.95 Å². The van der Waals surface area contributed by atoms with E-state index in [-0.39, 0.29) is 6.04 Å². The van der Waals surface area contributed by atoms with Crippen LogP contribution in [-0.4, -0.2) is 35.4 Å². The van der Waals surface area contributed by atoms with Crippen molar-refractivity contribution in [2.45, 2.75) is 13.0 Å². The Morgan fingerprint density at radius 2 is 2.05 bits per heavy atom. The molecule has 2 aromatic rings. The Bertz CT molecular complexity index is 520. The Hall–Kier alpha value is -2.21. The molecule has 0 saturated heterocycles. The van der Waals surface area contributed by atoms with Gasteiger partial charge in [0.25, 0.3) is 0 Å². The molecule has 2 N–H and O–H groups in total. The molecule has 0 bridgehead atoms. The van der Waals surface area contributed by atoms with Gasteiger partial charge in [-0.2, -0.15) is 10.1 Å². The Morgan fingerprint density at radius 1 is 1.25 bits per heavy atom. The average molecular weight is 273 g/mol. The first-order chi connectivity index (χ1) is 9.79. The molecule has 0 fully saturated rings. The van der Waals surface area contributed by atoms with E-state index in [1.165, 1.54) is 5.56 Å². The number of ether oxygens (including phenoxy) is 1. The van der Waals surface area contributed by atoms with Gasteiger partial charge in [-0.1, -0.05) is 30.3 Å². The van der Waals surface area contributed by atoms with E-state index in [0.29, 0.717) is 24.9 Å². The molecule has 1 heterocycles. The number of nitrogens with one attached hydrogen (secondary N) is 2. The molecule has 0 saturated carbocycles. The van der Waals surface area contributed by atoms with Gasteiger partial charge in [-0.25, -0.2) is 0 Å². The van der Waals surface area contributed by atoms with Gasteiger partial charge in [0.1, 0.15) is 0 Å². The van der Waals surface area contributed by atoms with Gasteiger partial charge in [0, 0.05) is 19.7 Å². The lowest BCUT2D eigenvalue weighted by molar-refractivity contribution is 0.210. The van der Waals surface area contributed by atoms with Crippen LogP contribution in [0.1, 0.15) is 18.5 Å². The molecule has 0 aliphatic carbocycles. The molecule has 1 aromatic heterocycles. The van der Waals surface area contributed by atoms with Crippen molar-refractivity contribution in [3.8, 4) is 0 Å². The van der Waals surface area contributed by atoms with Crippen LogP contribution >= 0.6 is 0 Å². The molecule has 0 amide bonds. The van der Waals surface area contributed by atoms with Crippen molar-refractivity contribution >= 4 is 11.8 Å². The van der Waals surface area contributed by atoms with Gasteiger partial charge >= 0.3 is 0 Å². The van der Waals surface area contributed by atoms with Crippen LogP contribution in [0.3, 0.4) is 0 Å². The average Bonchev–Trinajstić information content (AvgIpc) is 2.49. The minimum atomic E-state index is 0.153. The first-order valence-electron chi connectivity index (χ1n) is 6.53. The van der Waals surface area contributed by atoms with Crippen LogP contribution in [0.2, 0.25) is 0 Å². The SMILES string of the molecule is COCCNc1nncc(NC(C)c2ccccc2)n1. The van der Waals surface area contributed by atoms with E-state index in [4.69, 9.17) is 4.74 Å². The summed E-state index contributed by atoms with van der Waals surface area (Å²) in [6, 6.07) is 10.3. The van der Waals surface area contributed by atoms with Crippen LogP contribution in [-0.2, 0) is 4.74 Å². The van der Waals surface area contributed by atoms with E-state index < -0.39 is 0 Å². The van der Waals surface area contributed by atoms with Gasteiger partial charge in [-0.15, -0.1) is 5.10 Å². The number of methoxy groups -OCH3 is 1. The van der Waals surface area contributed by atoms with E-state index in [2.05, 4.69) is 44.9 Å². The van der Waals surface area contributed by atoms with E-state index in [9.17, 15) is 0 Å². The van der Waals surface area contributed by atoms with Crippen LogP contribution in [0.15, 0.2) is 36.5 Å². The summed E-state index contributed by atoms with van der Waals surface area (Å²) in [7, 11) is 1.65. The number of hydrogen-bond donors (Lipinski definition) is 2. The summed E-state index contributed by atoms with van der Waals surface area (Å²) in [5.41, 5.74) is 1.19. The van der Waals surface area contributed by atoms with Gasteiger partial charge in [0.05, 0.1) is 12.8 Å². The molecule has 1 aromatic carbocycles. The fourth-order valence-electron chi connectivity index (χ4n) is 1.76. The molecule has 0 aliphatic heterocycles. The van der Waals surface area contributed by atoms with Crippen LogP contribution in [0, 0.1) is 0 Å². The standard InChI is InChI=1S/C14H19N5O/c1-11(12-6-4-3-5-7-12)17-13-10-16-19-14(18-13)15-8-9-20-2/h3-7,10-11H,8-9H2,1-2H3,(H2,15,17,18,19). The fraction of sp³-hybridized carbons (Fsp3) is 0.357. The predicted octanol–water partition coefficient (Wildman–Crippen LogP) is 2.10. The quantitative estimate of drug-likeness (QED) is 0.753. The number of hydrogen-bond acceptors (Lipinski definition) is 6. The Balaban J connectivity index is 1.97. The molecule has 6 nitrogen and oxygen atoms in total. The first-order valence-corrected chi connectivity index (χ1v) is 6.53. The van der Waals surface area contributed by atoms with E-state index in [1.54, 1.807) is 13.3 Å². The summed E-state index contributed by atoms with van der Waals surface area (Å²) in [6.07, 6.45) is 1.61. The van der Waals surface area contributed by atoms with Gasteiger partial charge in [-0.3, -0.25) is 0 Å². The largest absolute Gasteiger partial charge is 0.383 e. The molecule has 1 unspecified atom stereocenters. The van der Waals surface area contributed by atoms with Crippen molar-refractivity contribution in [2.75, 3.05) is 30.9 Å². The van der Waals surface area contributed by atoms with Crippen molar-refractivity contribution in [2.24, 2.45) is 0 Å². The smallest absolute Gasteiger partial charge is 0.244 e. The molecule has 106 valence electrons. The molecule has 0 radical (unpaired) electrons. The van der Waals surface area contributed by atoms with Gasteiger partial charge < -0.3 is 15.4 Å². The van der Waals surface area contributed by atoms with Crippen molar-refractivity contribution < 1.29 is 4.74 Å². The second kappa shape index (κ2) is 7.40. The summed E-state index contributed by atoms with van der Waals surface area (Å²) in [4.78, 5) is 4.36. The molecule has 20 heavy (non-hydrogen) atoms. The van der Waals surface area contributed by atoms with Crippen molar-refractivity contribution in [1.29, 1.82) is 0 Å². The molecule has 0 aliphatic rings. The zero-order valence-corrected chi connectivity index (χ0v) is 11.7. The minimum absolute atomic E-state index is 0.153. The molecule has 2 rings (SSSR count). The van der Waals surface area contributed by atoms with Crippen LogP contribution in [0.25, 0.3) is 0 Å². The van der Waals surface area contributed by atoms with E-state index >= 15 is 0 Å². The zero-order chi connectivity index (χ0) is 14.2. The minimum Gasteiger partial charge on any atom is -0.383 e. The predicted molar refractivity (Wildman–Crippen MR) is 78.7 cm³/mol.